The Balaban J connectivity index is 1.60. The van der Waals surface area contributed by atoms with E-state index in [9.17, 15) is 9.59 Å². The molecule has 0 aliphatic heterocycles. The number of esters is 1. The third-order valence-electron chi connectivity index (χ3n) is 4.81. The molecule has 0 saturated carbocycles. The molecule has 3 aromatic rings. The summed E-state index contributed by atoms with van der Waals surface area (Å²) >= 11 is 0. The zero-order valence-corrected chi connectivity index (χ0v) is 19.8. The summed E-state index contributed by atoms with van der Waals surface area (Å²) in [5.41, 5.74) is 2.11. The summed E-state index contributed by atoms with van der Waals surface area (Å²) in [5.74, 6) is 0.199. The Kier molecular flexibility index (Phi) is 8.68. The van der Waals surface area contributed by atoms with Gasteiger partial charge in [0.1, 0.15) is 30.6 Å². The second-order valence-electron chi connectivity index (χ2n) is 8.91. The van der Waals surface area contributed by atoms with Crippen molar-refractivity contribution in [3.05, 3.63) is 102 Å². The summed E-state index contributed by atoms with van der Waals surface area (Å²) in [4.78, 5) is 25.2. The van der Waals surface area contributed by atoms with Gasteiger partial charge in [-0.05, 0) is 49.6 Å². The van der Waals surface area contributed by atoms with Crippen LogP contribution in [0.5, 0.6) is 5.75 Å². The fourth-order valence-electron chi connectivity index (χ4n) is 3.17. The lowest BCUT2D eigenvalue weighted by atomic mass is 10.1. The predicted molar refractivity (Wildman–Crippen MR) is 130 cm³/mol. The largest absolute Gasteiger partial charge is 0.489 e. The molecule has 3 rings (SSSR count). The molecule has 0 aromatic heterocycles. The van der Waals surface area contributed by atoms with Crippen LogP contribution in [0.2, 0.25) is 0 Å². The van der Waals surface area contributed by atoms with E-state index in [4.69, 9.17) is 14.2 Å². The van der Waals surface area contributed by atoms with E-state index in [1.54, 1.807) is 20.8 Å². The zero-order valence-electron chi connectivity index (χ0n) is 19.8. The van der Waals surface area contributed by atoms with E-state index >= 15 is 0 Å². The van der Waals surface area contributed by atoms with Gasteiger partial charge in [-0.15, -0.1) is 0 Å². The molecule has 178 valence electrons. The number of rotatable bonds is 9. The normalized spacial score (nSPS) is 11.9. The van der Waals surface area contributed by atoms with Crippen LogP contribution in [-0.4, -0.2) is 23.7 Å². The highest BCUT2D eigenvalue weighted by Gasteiger charge is 2.27. The summed E-state index contributed by atoms with van der Waals surface area (Å²) in [6.45, 7) is 5.94. The third-order valence-corrected chi connectivity index (χ3v) is 4.81. The maximum Gasteiger partial charge on any atom is 0.408 e. The standard InChI is InChI=1S/C28H31NO5/c1-28(2,3)34-26(30)25(29-27(31)33-20-23-12-8-5-9-13-23)18-21-14-16-24(17-15-21)32-19-22-10-6-4-7-11-22/h4-17,25H,18-20H2,1-3H3,(H,29,31)/t25-/m0/s1. The first-order valence-electron chi connectivity index (χ1n) is 11.2. The average Bonchev–Trinajstić information content (AvgIpc) is 2.82. The first kappa shape index (κ1) is 24.8. The highest BCUT2D eigenvalue weighted by molar-refractivity contribution is 5.82. The summed E-state index contributed by atoms with van der Waals surface area (Å²) in [5, 5.41) is 2.65. The molecule has 0 aliphatic rings. The Morgan fingerprint density at radius 1 is 0.765 bits per heavy atom. The molecule has 0 bridgehead atoms. The summed E-state index contributed by atoms with van der Waals surface area (Å²) in [6.07, 6.45) is -0.420. The minimum Gasteiger partial charge on any atom is -0.489 e. The predicted octanol–water partition coefficient (Wildman–Crippen LogP) is 5.44. The minimum absolute atomic E-state index is 0.112. The van der Waals surface area contributed by atoms with Gasteiger partial charge in [-0.2, -0.15) is 0 Å². The first-order chi connectivity index (χ1) is 16.3. The van der Waals surface area contributed by atoms with Gasteiger partial charge in [-0.25, -0.2) is 9.59 Å². The molecule has 0 saturated heterocycles. The molecule has 0 unspecified atom stereocenters. The topological polar surface area (TPSA) is 73.9 Å². The quantitative estimate of drug-likeness (QED) is 0.429. The van der Waals surface area contributed by atoms with Crippen molar-refractivity contribution in [2.24, 2.45) is 0 Å². The van der Waals surface area contributed by atoms with Gasteiger partial charge >= 0.3 is 12.1 Å². The van der Waals surface area contributed by atoms with E-state index in [2.05, 4.69) is 5.32 Å². The molecular formula is C28H31NO5. The number of ether oxygens (including phenoxy) is 3. The van der Waals surface area contributed by atoms with Crippen molar-refractivity contribution >= 4 is 12.1 Å². The van der Waals surface area contributed by atoms with Crippen LogP contribution in [0.15, 0.2) is 84.9 Å². The fourth-order valence-corrected chi connectivity index (χ4v) is 3.17. The van der Waals surface area contributed by atoms with Gasteiger partial charge in [0.25, 0.3) is 0 Å². The first-order valence-corrected chi connectivity index (χ1v) is 11.2. The Bertz CT molecular complexity index is 1040. The van der Waals surface area contributed by atoms with E-state index in [0.717, 1.165) is 22.4 Å². The molecule has 6 heteroatoms. The van der Waals surface area contributed by atoms with Crippen molar-refractivity contribution < 1.29 is 23.8 Å². The van der Waals surface area contributed by atoms with E-state index in [0.29, 0.717) is 6.61 Å². The van der Waals surface area contributed by atoms with Gasteiger partial charge in [-0.1, -0.05) is 72.8 Å². The fraction of sp³-hybridized carbons (Fsp3) is 0.286. The van der Waals surface area contributed by atoms with Crippen molar-refractivity contribution in [2.45, 2.75) is 52.0 Å². The van der Waals surface area contributed by atoms with Gasteiger partial charge in [0.2, 0.25) is 0 Å². The van der Waals surface area contributed by atoms with Crippen LogP contribution in [0.3, 0.4) is 0 Å². The Morgan fingerprint density at radius 2 is 1.32 bits per heavy atom. The number of benzene rings is 3. The average molecular weight is 462 g/mol. The van der Waals surface area contributed by atoms with Crippen LogP contribution in [0.4, 0.5) is 4.79 Å². The SMILES string of the molecule is CC(C)(C)OC(=O)[C@H](Cc1ccc(OCc2ccccc2)cc1)NC(=O)OCc1ccccc1. The van der Waals surface area contributed by atoms with Gasteiger partial charge in [0.15, 0.2) is 0 Å². The molecule has 0 spiro atoms. The molecule has 34 heavy (non-hydrogen) atoms. The van der Waals surface area contributed by atoms with Crippen molar-refractivity contribution in [1.82, 2.24) is 5.32 Å². The number of hydrogen-bond acceptors (Lipinski definition) is 5. The summed E-state index contributed by atoms with van der Waals surface area (Å²) in [7, 11) is 0. The van der Waals surface area contributed by atoms with Crippen LogP contribution in [0.1, 0.15) is 37.5 Å². The second-order valence-corrected chi connectivity index (χ2v) is 8.91. The second kappa shape index (κ2) is 11.9. The highest BCUT2D eigenvalue weighted by atomic mass is 16.6. The molecule has 1 atom stereocenters. The molecule has 0 radical (unpaired) electrons. The van der Waals surface area contributed by atoms with Crippen molar-refractivity contribution in [3.63, 3.8) is 0 Å². The highest BCUT2D eigenvalue weighted by Crippen LogP contribution is 2.17. The Hall–Kier alpha value is -3.80. The van der Waals surface area contributed by atoms with E-state index in [-0.39, 0.29) is 13.0 Å². The number of hydrogen-bond donors (Lipinski definition) is 1. The molecule has 0 aliphatic carbocycles. The lowest BCUT2D eigenvalue weighted by molar-refractivity contribution is -0.157. The smallest absolute Gasteiger partial charge is 0.408 e. The van der Waals surface area contributed by atoms with Crippen molar-refractivity contribution in [2.75, 3.05) is 0 Å². The van der Waals surface area contributed by atoms with Crippen LogP contribution in [0, 0.1) is 0 Å². The number of alkyl carbamates (subject to hydrolysis) is 1. The molecule has 3 aromatic carbocycles. The molecular weight excluding hydrogens is 430 g/mol. The summed E-state index contributed by atoms with van der Waals surface area (Å²) in [6, 6.07) is 25.8. The van der Waals surface area contributed by atoms with Gasteiger partial charge in [0, 0.05) is 6.42 Å². The van der Waals surface area contributed by atoms with Crippen LogP contribution in [-0.2, 0) is 33.9 Å². The number of amides is 1. The van der Waals surface area contributed by atoms with Crippen LogP contribution < -0.4 is 10.1 Å². The maximum atomic E-state index is 12.8. The molecule has 6 nitrogen and oxygen atoms in total. The van der Waals surface area contributed by atoms with E-state index in [1.165, 1.54) is 0 Å². The number of carbonyl (C=O) groups excluding carboxylic acids is 2. The van der Waals surface area contributed by atoms with E-state index < -0.39 is 23.7 Å². The lowest BCUT2D eigenvalue weighted by Crippen LogP contribution is -2.45. The molecule has 1 amide bonds. The Labute approximate surface area is 200 Å². The molecule has 0 heterocycles. The molecule has 0 fully saturated rings. The monoisotopic (exact) mass is 461 g/mol. The van der Waals surface area contributed by atoms with Gasteiger partial charge in [0.05, 0.1) is 0 Å². The van der Waals surface area contributed by atoms with Gasteiger partial charge in [-0.3, -0.25) is 0 Å². The van der Waals surface area contributed by atoms with Crippen LogP contribution >= 0.6 is 0 Å². The van der Waals surface area contributed by atoms with Crippen molar-refractivity contribution in [1.29, 1.82) is 0 Å². The number of carbonyl (C=O) groups is 2. The van der Waals surface area contributed by atoms with E-state index in [1.807, 2.05) is 84.9 Å². The summed E-state index contributed by atoms with van der Waals surface area (Å²) < 4.78 is 16.6. The third kappa shape index (κ3) is 8.62. The van der Waals surface area contributed by atoms with Gasteiger partial charge < -0.3 is 19.5 Å². The van der Waals surface area contributed by atoms with Crippen molar-refractivity contribution in [3.8, 4) is 5.75 Å². The molecule has 1 N–H and O–H groups in total. The zero-order chi connectivity index (χ0) is 24.4. The lowest BCUT2D eigenvalue weighted by Gasteiger charge is -2.24. The Morgan fingerprint density at radius 3 is 1.88 bits per heavy atom. The minimum atomic E-state index is -0.890. The number of nitrogens with one attached hydrogen (secondary N) is 1. The maximum absolute atomic E-state index is 12.8. The van der Waals surface area contributed by atoms with Crippen LogP contribution in [0.25, 0.3) is 0 Å².